The summed E-state index contributed by atoms with van der Waals surface area (Å²) in [7, 11) is 0. The number of carbonyl (C=O) groups excluding carboxylic acids is 1. The molecule has 3 N–H and O–H groups in total. The van der Waals surface area contributed by atoms with Crippen molar-refractivity contribution in [1.29, 1.82) is 0 Å². The van der Waals surface area contributed by atoms with E-state index in [1.165, 1.54) is 0 Å². The van der Waals surface area contributed by atoms with Crippen LogP contribution in [0.5, 0.6) is 0 Å². The Bertz CT molecular complexity index is 983. The minimum absolute atomic E-state index is 0.107. The number of ketones is 1. The van der Waals surface area contributed by atoms with Crippen molar-refractivity contribution in [1.82, 2.24) is 0 Å². The van der Waals surface area contributed by atoms with Crippen LogP contribution in [0.1, 0.15) is 93.4 Å². The monoisotopic (exact) mass is 486 g/mol. The molecule has 0 aliphatic heterocycles. The summed E-state index contributed by atoms with van der Waals surface area (Å²) in [6, 6.07) is 0. The molecule has 5 aliphatic rings. The fourth-order valence-corrected chi connectivity index (χ4v) is 10.8. The number of carboxylic acids is 1. The van der Waals surface area contributed by atoms with Crippen LogP contribution in [0.15, 0.2) is 11.6 Å². The Morgan fingerprint density at radius 3 is 2.26 bits per heavy atom. The van der Waals surface area contributed by atoms with Gasteiger partial charge in [-0.2, -0.15) is 0 Å². The highest BCUT2D eigenvalue weighted by Crippen LogP contribution is 2.75. The first kappa shape index (κ1) is 25.4. The molecule has 0 aromatic heterocycles. The third-order valence-corrected chi connectivity index (χ3v) is 13.1. The lowest BCUT2D eigenvalue weighted by molar-refractivity contribution is -0.228. The fourth-order valence-electron chi connectivity index (χ4n) is 10.8. The van der Waals surface area contributed by atoms with E-state index in [2.05, 4.69) is 48.5 Å². The summed E-state index contributed by atoms with van der Waals surface area (Å²) in [5, 5.41) is 32.3. The third kappa shape index (κ3) is 2.89. The van der Waals surface area contributed by atoms with Crippen molar-refractivity contribution in [3.8, 4) is 0 Å². The average Bonchev–Trinajstić information content (AvgIpc) is 2.75. The zero-order valence-electron chi connectivity index (χ0n) is 22.7. The van der Waals surface area contributed by atoms with Crippen molar-refractivity contribution < 1.29 is 24.9 Å². The molecule has 0 saturated heterocycles. The summed E-state index contributed by atoms with van der Waals surface area (Å²) in [6.07, 6.45) is 5.57. The Hall–Kier alpha value is -1.20. The van der Waals surface area contributed by atoms with E-state index >= 15 is 0 Å². The SMILES string of the molecule is C[C@H]1[C@H](C)CC[C@]2(C(=O)O)CC[C@]3(C)C(=CC(=O)[C@@H]4[C@@]5(C)C[C@@H](O)[C@H](O)C(C)(C)C5CC[C@]43C)[C@H]12. The number of hydrogen-bond donors (Lipinski definition) is 3. The maximum absolute atomic E-state index is 14.3. The van der Waals surface area contributed by atoms with Gasteiger partial charge in [-0.15, -0.1) is 0 Å². The molecule has 1 unspecified atom stereocenters. The number of aliphatic carboxylic acids is 1. The number of hydrogen-bond acceptors (Lipinski definition) is 4. The number of aliphatic hydroxyl groups is 2. The Kier molecular flexibility index (Phi) is 5.40. The molecular formula is C30H46O5. The second-order valence-electron chi connectivity index (χ2n) is 14.6. The van der Waals surface area contributed by atoms with Crippen LogP contribution >= 0.6 is 0 Å². The van der Waals surface area contributed by atoms with E-state index in [0.717, 1.165) is 31.3 Å². The van der Waals surface area contributed by atoms with Crippen LogP contribution in [-0.4, -0.2) is 39.3 Å². The summed E-state index contributed by atoms with van der Waals surface area (Å²) >= 11 is 0. The number of rotatable bonds is 1. The Morgan fingerprint density at radius 2 is 1.63 bits per heavy atom. The van der Waals surface area contributed by atoms with Crippen LogP contribution in [0.25, 0.3) is 0 Å². The van der Waals surface area contributed by atoms with Gasteiger partial charge in [0, 0.05) is 5.92 Å². The molecule has 5 aliphatic carbocycles. The van der Waals surface area contributed by atoms with Crippen LogP contribution in [0, 0.1) is 56.7 Å². The van der Waals surface area contributed by atoms with Gasteiger partial charge in [-0.3, -0.25) is 9.59 Å². The quantitative estimate of drug-likeness (QED) is 0.471. The van der Waals surface area contributed by atoms with Crippen LogP contribution < -0.4 is 0 Å². The molecule has 0 heterocycles. The predicted octanol–water partition coefficient (Wildman–Crippen LogP) is 5.24. The number of carbonyl (C=O) groups is 2. The van der Waals surface area contributed by atoms with Crippen molar-refractivity contribution in [2.75, 3.05) is 0 Å². The lowest BCUT2D eigenvalue weighted by atomic mass is 9.33. The Morgan fingerprint density at radius 1 is 0.971 bits per heavy atom. The minimum atomic E-state index is -0.843. The molecule has 0 aromatic carbocycles. The number of allylic oxidation sites excluding steroid dienone is 2. The molecule has 196 valence electrons. The number of carboxylic acid groups (broad SMARTS) is 1. The maximum atomic E-state index is 14.3. The lowest BCUT2D eigenvalue weighted by Crippen LogP contribution is -2.69. The van der Waals surface area contributed by atoms with Crippen molar-refractivity contribution in [3.63, 3.8) is 0 Å². The third-order valence-electron chi connectivity index (χ3n) is 13.1. The Labute approximate surface area is 210 Å². The summed E-state index contributed by atoms with van der Waals surface area (Å²) < 4.78 is 0. The highest BCUT2D eigenvalue weighted by atomic mass is 16.4. The minimum Gasteiger partial charge on any atom is -0.481 e. The highest BCUT2D eigenvalue weighted by molar-refractivity contribution is 5.96. The maximum Gasteiger partial charge on any atom is 0.310 e. The molecule has 5 rings (SSSR count). The normalized spacial score (nSPS) is 55.1. The largest absolute Gasteiger partial charge is 0.481 e. The van der Waals surface area contributed by atoms with E-state index in [4.69, 9.17) is 0 Å². The molecule has 0 amide bonds. The number of fused-ring (bicyclic) bond motifs is 7. The molecule has 5 heteroatoms. The van der Waals surface area contributed by atoms with Crippen LogP contribution in [0.4, 0.5) is 0 Å². The molecule has 5 nitrogen and oxygen atoms in total. The van der Waals surface area contributed by atoms with Gasteiger partial charge in [0.1, 0.15) is 0 Å². The van der Waals surface area contributed by atoms with Gasteiger partial charge in [0.25, 0.3) is 0 Å². The summed E-state index contributed by atoms with van der Waals surface area (Å²) in [6.45, 7) is 15.3. The molecule has 0 bridgehead atoms. The zero-order valence-corrected chi connectivity index (χ0v) is 22.7. The average molecular weight is 487 g/mol. The molecule has 0 aromatic rings. The van der Waals surface area contributed by atoms with E-state index in [9.17, 15) is 24.9 Å². The zero-order chi connectivity index (χ0) is 25.9. The first-order valence-corrected chi connectivity index (χ1v) is 13.9. The molecule has 4 fully saturated rings. The standard InChI is InChI=1S/C30H46O5/c1-16-8-11-30(25(34)35)13-12-28(6)18(22(30)17(16)2)14-19(31)23-27(5)15-20(32)24(33)26(3,4)21(27)9-10-29(23,28)7/h14,16-17,20-24,32-33H,8-13,15H2,1-7H3,(H,34,35)/t16-,17+,20-,21?,22+,23-,24+,27+,28-,29-,30+/m1/s1. The van der Waals surface area contributed by atoms with Gasteiger partial charge in [0.15, 0.2) is 5.78 Å². The summed E-state index contributed by atoms with van der Waals surface area (Å²) in [5.74, 6) is -0.118. The van der Waals surface area contributed by atoms with Gasteiger partial charge in [-0.1, -0.05) is 54.0 Å². The second-order valence-corrected chi connectivity index (χ2v) is 14.6. The summed E-state index contributed by atoms with van der Waals surface area (Å²) in [4.78, 5) is 27.1. The Balaban J connectivity index is 1.67. The van der Waals surface area contributed by atoms with Crippen molar-refractivity contribution in [2.24, 2.45) is 56.7 Å². The van der Waals surface area contributed by atoms with Gasteiger partial charge in [-0.05, 0) is 96.4 Å². The van der Waals surface area contributed by atoms with Crippen LogP contribution in [0.2, 0.25) is 0 Å². The van der Waals surface area contributed by atoms with E-state index in [0.29, 0.717) is 25.2 Å². The molecule has 0 spiro atoms. The smallest absolute Gasteiger partial charge is 0.310 e. The lowest BCUT2D eigenvalue weighted by Gasteiger charge is -2.70. The molecule has 4 saturated carbocycles. The number of aliphatic hydroxyl groups excluding tert-OH is 2. The van der Waals surface area contributed by atoms with Crippen molar-refractivity contribution >= 4 is 11.8 Å². The predicted molar refractivity (Wildman–Crippen MR) is 134 cm³/mol. The fraction of sp³-hybridized carbons (Fsp3) is 0.867. The first-order chi connectivity index (χ1) is 16.1. The van der Waals surface area contributed by atoms with Gasteiger partial charge in [0.2, 0.25) is 0 Å². The summed E-state index contributed by atoms with van der Waals surface area (Å²) in [5.41, 5.74) is -1.11. The van der Waals surface area contributed by atoms with E-state index in [1.807, 2.05) is 6.08 Å². The topological polar surface area (TPSA) is 94.8 Å². The molecule has 11 atom stereocenters. The molecule has 0 radical (unpaired) electrons. The van der Waals surface area contributed by atoms with Crippen LogP contribution in [0.3, 0.4) is 0 Å². The van der Waals surface area contributed by atoms with Gasteiger partial charge in [0.05, 0.1) is 17.6 Å². The molecular weight excluding hydrogens is 440 g/mol. The highest BCUT2D eigenvalue weighted by Gasteiger charge is 2.72. The van der Waals surface area contributed by atoms with Gasteiger partial charge >= 0.3 is 5.97 Å². The van der Waals surface area contributed by atoms with Gasteiger partial charge in [-0.25, -0.2) is 0 Å². The first-order valence-electron chi connectivity index (χ1n) is 13.9. The van der Waals surface area contributed by atoms with E-state index < -0.39 is 34.4 Å². The van der Waals surface area contributed by atoms with E-state index in [-0.39, 0.29) is 40.3 Å². The van der Waals surface area contributed by atoms with Crippen molar-refractivity contribution in [3.05, 3.63) is 11.6 Å². The van der Waals surface area contributed by atoms with Gasteiger partial charge < -0.3 is 15.3 Å². The van der Waals surface area contributed by atoms with Crippen LogP contribution in [-0.2, 0) is 9.59 Å². The molecule has 35 heavy (non-hydrogen) atoms. The second kappa shape index (κ2) is 7.43. The van der Waals surface area contributed by atoms with Crippen molar-refractivity contribution in [2.45, 2.75) is 106 Å². The van der Waals surface area contributed by atoms with E-state index in [1.54, 1.807) is 0 Å².